The minimum atomic E-state index is -4.56. The van der Waals surface area contributed by atoms with Crippen LogP contribution in [0.3, 0.4) is 0 Å². The van der Waals surface area contributed by atoms with Crippen LogP contribution in [0.25, 0.3) is 5.57 Å². The van der Waals surface area contributed by atoms with Gasteiger partial charge in [-0.1, -0.05) is 23.7 Å². The summed E-state index contributed by atoms with van der Waals surface area (Å²) in [4.78, 5) is 14.5. The molecule has 0 unspecified atom stereocenters. The number of aromatic nitrogens is 1. The third kappa shape index (κ3) is 3.85. The average Bonchev–Trinajstić information content (AvgIpc) is 2.45. The van der Waals surface area contributed by atoms with E-state index in [1.54, 1.807) is 0 Å². The fourth-order valence-electron chi connectivity index (χ4n) is 1.83. The number of hydrogen-bond donors (Lipinski definition) is 1. The second-order valence-corrected chi connectivity index (χ2v) is 4.80. The molecule has 0 radical (unpaired) electrons. The van der Waals surface area contributed by atoms with Crippen molar-refractivity contribution in [1.29, 1.82) is 0 Å². The Morgan fingerprint density at radius 2 is 1.77 bits per heavy atom. The van der Waals surface area contributed by atoms with Crippen molar-refractivity contribution in [2.45, 2.75) is 6.18 Å². The molecule has 3 nitrogen and oxygen atoms in total. The molecule has 1 aromatic carbocycles. The molecule has 22 heavy (non-hydrogen) atoms. The van der Waals surface area contributed by atoms with E-state index in [-0.39, 0.29) is 11.1 Å². The maximum Gasteiger partial charge on any atom is 0.417 e. The highest BCUT2D eigenvalue weighted by Gasteiger charge is 2.31. The second kappa shape index (κ2) is 6.19. The van der Waals surface area contributed by atoms with Crippen LogP contribution in [0.5, 0.6) is 0 Å². The van der Waals surface area contributed by atoms with Crippen LogP contribution in [0.15, 0.2) is 48.8 Å². The van der Waals surface area contributed by atoms with E-state index in [1.807, 2.05) is 0 Å². The van der Waals surface area contributed by atoms with E-state index in [2.05, 4.69) is 4.98 Å². The first-order valence-corrected chi connectivity index (χ1v) is 6.38. The quantitative estimate of drug-likeness (QED) is 0.856. The van der Waals surface area contributed by atoms with Crippen molar-refractivity contribution in [3.8, 4) is 0 Å². The summed E-state index contributed by atoms with van der Waals surface area (Å²) in [6.45, 7) is 0. The highest BCUT2D eigenvalue weighted by Crippen LogP contribution is 2.32. The predicted octanol–water partition coefficient (Wildman–Crippen LogP) is 4.27. The molecular weight excluding hydrogens is 319 g/mol. The zero-order valence-electron chi connectivity index (χ0n) is 10.9. The molecule has 7 heteroatoms. The van der Waals surface area contributed by atoms with E-state index < -0.39 is 17.7 Å². The van der Waals surface area contributed by atoms with E-state index in [1.165, 1.54) is 30.5 Å². The number of benzene rings is 1. The monoisotopic (exact) mass is 327 g/mol. The molecule has 0 atom stereocenters. The topological polar surface area (TPSA) is 50.2 Å². The van der Waals surface area contributed by atoms with Gasteiger partial charge in [-0.2, -0.15) is 13.2 Å². The molecule has 114 valence electrons. The van der Waals surface area contributed by atoms with Gasteiger partial charge in [0.15, 0.2) is 0 Å². The standard InChI is InChI=1S/C15H9ClF3NO2/c16-12-3-1-9(2-4-12)13(6-14(21)22)10-5-11(8-20-7-10)15(17,18)19/h1-8H,(H,21,22)/b13-6+. The number of aliphatic carboxylic acids is 1. The lowest BCUT2D eigenvalue weighted by molar-refractivity contribution is -0.137. The lowest BCUT2D eigenvalue weighted by atomic mass is 9.98. The number of carboxylic acid groups (broad SMARTS) is 1. The summed E-state index contributed by atoms with van der Waals surface area (Å²) in [6, 6.07) is 6.95. The van der Waals surface area contributed by atoms with Gasteiger partial charge < -0.3 is 5.11 Å². The fourth-order valence-corrected chi connectivity index (χ4v) is 1.95. The molecule has 0 aliphatic heterocycles. The Hall–Kier alpha value is -2.34. The number of halogens is 4. The molecule has 0 fully saturated rings. The van der Waals surface area contributed by atoms with Gasteiger partial charge in [-0.05, 0) is 29.3 Å². The van der Waals surface area contributed by atoms with Gasteiger partial charge >= 0.3 is 12.1 Å². The molecule has 2 aromatic rings. The van der Waals surface area contributed by atoms with Crippen LogP contribution in [-0.4, -0.2) is 16.1 Å². The zero-order valence-corrected chi connectivity index (χ0v) is 11.7. The number of nitrogens with zero attached hydrogens (tertiary/aromatic N) is 1. The van der Waals surface area contributed by atoms with Crippen molar-refractivity contribution in [2.75, 3.05) is 0 Å². The highest BCUT2D eigenvalue weighted by atomic mass is 35.5. The van der Waals surface area contributed by atoms with Gasteiger partial charge in [0.2, 0.25) is 0 Å². The summed E-state index contributed by atoms with van der Waals surface area (Å²) >= 11 is 5.76. The Morgan fingerprint density at radius 1 is 1.14 bits per heavy atom. The summed E-state index contributed by atoms with van der Waals surface area (Å²) in [5, 5.41) is 9.38. The van der Waals surface area contributed by atoms with Gasteiger partial charge in [-0.25, -0.2) is 4.79 Å². The maximum absolute atomic E-state index is 12.8. The van der Waals surface area contributed by atoms with Crippen LogP contribution in [0, 0.1) is 0 Å². The molecule has 1 heterocycles. The van der Waals surface area contributed by atoms with E-state index in [0.29, 0.717) is 16.8 Å². The summed E-state index contributed by atoms with van der Waals surface area (Å²) in [7, 11) is 0. The van der Waals surface area contributed by atoms with Crippen molar-refractivity contribution >= 4 is 23.1 Å². The Labute approximate surface area is 128 Å². The highest BCUT2D eigenvalue weighted by molar-refractivity contribution is 6.30. The summed E-state index contributed by atoms with van der Waals surface area (Å²) < 4.78 is 38.3. The fraction of sp³-hybridized carbons (Fsp3) is 0.0667. The van der Waals surface area contributed by atoms with Crippen LogP contribution >= 0.6 is 11.6 Å². The van der Waals surface area contributed by atoms with E-state index in [0.717, 1.165) is 12.1 Å². The number of carboxylic acids is 1. The van der Waals surface area contributed by atoms with Gasteiger partial charge in [-0.15, -0.1) is 0 Å². The number of rotatable bonds is 3. The average molecular weight is 328 g/mol. The summed E-state index contributed by atoms with van der Waals surface area (Å²) in [6.07, 6.45) is -1.86. The number of carbonyl (C=O) groups is 1. The molecule has 0 bridgehead atoms. The van der Waals surface area contributed by atoms with Crippen LogP contribution in [0.2, 0.25) is 5.02 Å². The molecule has 2 rings (SSSR count). The van der Waals surface area contributed by atoms with E-state index >= 15 is 0 Å². The smallest absolute Gasteiger partial charge is 0.417 e. The zero-order chi connectivity index (χ0) is 16.3. The van der Waals surface area contributed by atoms with Crippen LogP contribution in [0.4, 0.5) is 13.2 Å². The molecule has 1 aromatic heterocycles. The van der Waals surface area contributed by atoms with Crippen molar-refractivity contribution in [3.63, 3.8) is 0 Å². The lowest BCUT2D eigenvalue weighted by Crippen LogP contribution is -2.06. The van der Waals surface area contributed by atoms with Crippen molar-refractivity contribution in [3.05, 3.63) is 70.5 Å². The predicted molar refractivity (Wildman–Crippen MR) is 75.4 cm³/mol. The number of hydrogen-bond acceptors (Lipinski definition) is 2. The second-order valence-electron chi connectivity index (χ2n) is 4.36. The Balaban J connectivity index is 2.56. The third-order valence-electron chi connectivity index (χ3n) is 2.80. The molecule has 0 aliphatic rings. The first-order valence-electron chi connectivity index (χ1n) is 6.00. The van der Waals surface area contributed by atoms with Crippen molar-refractivity contribution in [1.82, 2.24) is 4.98 Å². The van der Waals surface area contributed by atoms with Crippen LogP contribution < -0.4 is 0 Å². The summed E-state index contributed by atoms with van der Waals surface area (Å²) in [5.41, 5.74) is -0.356. The van der Waals surface area contributed by atoms with E-state index in [4.69, 9.17) is 16.7 Å². The number of alkyl halides is 3. The van der Waals surface area contributed by atoms with Gasteiger partial charge in [-0.3, -0.25) is 4.98 Å². The largest absolute Gasteiger partial charge is 0.478 e. The van der Waals surface area contributed by atoms with Crippen LogP contribution in [-0.2, 0) is 11.0 Å². The SMILES string of the molecule is O=C(O)/C=C(\c1ccc(Cl)cc1)c1cncc(C(F)(F)F)c1. The Bertz CT molecular complexity index is 724. The lowest BCUT2D eigenvalue weighted by Gasteiger charge is -2.11. The number of pyridine rings is 1. The molecule has 0 spiro atoms. The van der Waals surface area contributed by atoms with Gasteiger partial charge in [0.05, 0.1) is 5.56 Å². The van der Waals surface area contributed by atoms with Crippen molar-refractivity contribution in [2.24, 2.45) is 0 Å². The van der Waals surface area contributed by atoms with Gasteiger partial charge in [0, 0.05) is 29.1 Å². The first-order chi connectivity index (χ1) is 10.3. The molecule has 0 amide bonds. The third-order valence-corrected chi connectivity index (χ3v) is 3.05. The maximum atomic E-state index is 12.8. The van der Waals surface area contributed by atoms with Gasteiger partial charge in [0.25, 0.3) is 0 Å². The molecule has 1 N–H and O–H groups in total. The van der Waals surface area contributed by atoms with Crippen LogP contribution in [0.1, 0.15) is 16.7 Å². The first kappa shape index (κ1) is 16.0. The molecule has 0 aliphatic carbocycles. The summed E-state index contributed by atoms with van der Waals surface area (Å²) in [5.74, 6) is -1.28. The Morgan fingerprint density at radius 3 is 2.32 bits per heavy atom. The van der Waals surface area contributed by atoms with E-state index in [9.17, 15) is 18.0 Å². The Kier molecular flexibility index (Phi) is 4.51. The van der Waals surface area contributed by atoms with Crippen molar-refractivity contribution < 1.29 is 23.1 Å². The molecular formula is C15H9ClF3NO2. The minimum Gasteiger partial charge on any atom is -0.478 e. The normalized spacial score (nSPS) is 12.3. The minimum absolute atomic E-state index is 0.0551. The molecule has 0 saturated heterocycles. The molecule has 0 saturated carbocycles. The van der Waals surface area contributed by atoms with Gasteiger partial charge in [0.1, 0.15) is 0 Å².